The summed E-state index contributed by atoms with van der Waals surface area (Å²) >= 11 is 0. The van der Waals surface area contributed by atoms with Gasteiger partial charge in [0, 0.05) is 37.2 Å². The summed E-state index contributed by atoms with van der Waals surface area (Å²) in [6, 6.07) is 15.8. The number of nitrogens with zero attached hydrogens (tertiary/aromatic N) is 4. The fourth-order valence-electron chi connectivity index (χ4n) is 4.16. The molecule has 0 saturated heterocycles. The second-order valence-corrected chi connectivity index (χ2v) is 9.16. The molecule has 5 rings (SSSR count). The molecule has 0 atom stereocenters. The van der Waals surface area contributed by atoms with Crippen molar-refractivity contribution in [3.8, 4) is 11.3 Å². The van der Waals surface area contributed by atoms with E-state index in [2.05, 4.69) is 4.98 Å². The highest BCUT2D eigenvalue weighted by Gasteiger charge is 2.30. The molecule has 1 aliphatic heterocycles. The Labute approximate surface area is 174 Å². The molecule has 2 aromatic carbocycles. The standard InChI is InChI=1S/C22H20N4O3S/c1-15-21(25-13-12-24(16(2)27)22(25)23-15)19-14-26(20-11-7-6-10-18(19)20)30(28,29)17-8-4-3-5-9-17/h3-11,14H,12-13H2,1-2H3. The highest BCUT2D eigenvalue weighted by Crippen LogP contribution is 2.38. The lowest BCUT2D eigenvalue weighted by Gasteiger charge is -2.09. The average molecular weight is 420 g/mol. The molecule has 1 aliphatic rings. The smallest absolute Gasteiger partial charge is 0.268 e. The SMILES string of the molecule is CC(=O)N1CCn2c1nc(C)c2-c1cn(S(=O)(=O)c2ccccc2)c2ccccc12. The third kappa shape index (κ3) is 2.60. The van der Waals surface area contributed by atoms with Crippen LogP contribution in [0.1, 0.15) is 12.6 Å². The van der Waals surface area contributed by atoms with Crippen LogP contribution in [-0.4, -0.2) is 34.4 Å². The van der Waals surface area contributed by atoms with Crippen LogP contribution in [0.2, 0.25) is 0 Å². The molecule has 152 valence electrons. The molecular weight excluding hydrogens is 400 g/mol. The summed E-state index contributed by atoms with van der Waals surface area (Å²) in [5.41, 5.74) is 2.99. The number of carbonyl (C=O) groups excluding carboxylic acids is 1. The molecule has 0 aliphatic carbocycles. The van der Waals surface area contributed by atoms with Crippen LogP contribution < -0.4 is 4.90 Å². The summed E-state index contributed by atoms with van der Waals surface area (Å²) in [7, 11) is -3.76. The van der Waals surface area contributed by atoms with E-state index in [-0.39, 0.29) is 10.8 Å². The molecule has 4 aromatic rings. The topological polar surface area (TPSA) is 77.2 Å². The Kier molecular flexibility index (Phi) is 4.08. The van der Waals surface area contributed by atoms with Crippen LogP contribution in [0, 0.1) is 6.92 Å². The number of hydrogen-bond donors (Lipinski definition) is 0. The van der Waals surface area contributed by atoms with Crippen molar-refractivity contribution >= 4 is 32.8 Å². The molecule has 0 spiro atoms. The second-order valence-electron chi connectivity index (χ2n) is 7.34. The maximum Gasteiger partial charge on any atom is 0.268 e. The van der Waals surface area contributed by atoms with Crippen LogP contribution in [0.25, 0.3) is 22.2 Å². The number of rotatable bonds is 3. The summed E-state index contributed by atoms with van der Waals surface area (Å²) in [5, 5.41) is 0.823. The largest absolute Gasteiger partial charge is 0.308 e. The first-order valence-electron chi connectivity index (χ1n) is 9.66. The highest BCUT2D eigenvalue weighted by atomic mass is 32.2. The van der Waals surface area contributed by atoms with Gasteiger partial charge in [-0.3, -0.25) is 9.69 Å². The number of anilines is 1. The van der Waals surface area contributed by atoms with E-state index in [1.54, 1.807) is 47.5 Å². The summed E-state index contributed by atoms with van der Waals surface area (Å²) in [4.78, 5) is 18.5. The Morgan fingerprint density at radius 2 is 1.70 bits per heavy atom. The van der Waals surface area contributed by atoms with Crippen LogP contribution >= 0.6 is 0 Å². The fraction of sp³-hybridized carbons (Fsp3) is 0.182. The summed E-state index contributed by atoms with van der Waals surface area (Å²) < 4.78 is 30.1. The van der Waals surface area contributed by atoms with Crippen LogP contribution in [0.5, 0.6) is 0 Å². The quantitative estimate of drug-likeness (QED) is 0.509. The molecule has 30 heavy (non-hydrogen) atoms. The van der Waals surface area contributed by atoms with Gasteiger partial charge < -0.3 is 4.57 Å². The Morgan fingerprint density at radius 1 is 1.00 bits per heavy atom. The molecule has 0 bridgehead atoms. The molecule has 0 unspecified atom stereocenters. The lowest BCUT2D eigenvalue weighted by molar-refractivity contribution is -0.116. The van der Waals surface area contributed by atoms with Crippen molar-refractivity contribution in [3.63, 3.8) is 0 Å². The van der Waals surface area contributed by atoms with Gasteiger partial charge in [-0.2, -0.15) is 0 Å². The lowest BCUT2D eigenvalue weighted by Crippen LogP contribution is -2.26. The van der Waals surface area contributed by atoms with E-state index in [0.717, 1.165) is 22.3 Å². The number of aromatic nitrogens is 3. The Hall–Kier alpha value is -3.39. The van der Waals surface area contributed by atoms with Gasteiger partial charge in [0.2, 0.25) is 11.9 Å². The Morgan fingerprint density at radius 3 is 2.43 bits per heavy atom. The second kappa shape index (κ2) is 6.56. The van der Waals surface area contributed by atoms with Crippen molar-refractivity contribution in [2.75, 3.05) is 11.4 Å². The minimum atomic E-state index is -3.76. The van der Waals surface area contributed by atoms with Crippen LogP contribution in [0.3, 0.4) is 0 Å². The molecule has 3 heterocycles. The van der Waals surface area contributed by atoms with Gasteiger partial charge in [-0.15, -0.1) is 0 Å². The summed E-state index contributed by atoms with van der Waals surface area (Å²) in [6.07, 6.45) is 1.67. The molecule has 1 amide bonds. The van der Waals surface area contributed by atoms with E-state index in [0.29, 0.717) is 24.6 Å². The number of amides is 1. The highest BCUT2D eigenvalue weighted by molar-refractivity contribution is 7.90. The monoisotopic (exact) mass is 420 g/mol. The number of para-hydroxylation sites is 1. The third-order valence-electron chi connectivity index (χ3n) is 5.52. The number of hydrogen-bond acceptors (Lipinski definition) is 4. The van der Waals surface area contributed by atoms with Gasteiger partial charge in [-0.05, 0) is 25.1 Å². The summed E-state index contributed by atoms with van der Waals surface area (Å²) in [5.74, 6) is 0.553. The average Bonchev–Trinajstić information content (AvgIpc) is 3.40. The molecule has 0 saturated carbocycles. The number of carbonyl (C=O) groups is 1. The van der Waals surface area contributed by atoms with E-state index in [4.69, 9.17) is 0 Å². The maximum atomic E-state index is 13.4. The van der Waals surface area contributed by atoms with Crippen molar-refractivity contribution in [1.29, 1.82) is 0 Å². The van der Waals surface area contributed by atoms with Gasteiger partial charge >= 0.3 is 0 Å². The number of imidazole rings is 1. The number of benzene rings is 2. The maximum absolute atomic E-state index is 13.4. The van der Waals surface area contributed by atoms with Crippen molar-refractivity contribution in [3.05, 3.63) is 66.5 Å². The lowest BCUT2D eigenvalue weighted by atomic mass is 10.1. The van der Waals surface area contributed by atoms with Crippen molar-refractivity contribution in [1.82, 2.24) is 13.5 Å². The minimum Gasteiger partial charge on any atom is -0.308 e. The van der Waals surface area contributed by atoms with Crippen LogP contribution in [0.4, 0.5) is 5.95 Å². The van der Waals surface area contributed by atoms with E-state index in [1.165, 1.54) is 10.9 Å². The zero-order chi connectivity index (χ0) is 21.0. The molecule has 8 heteroatoms. The van der Waals surface area contributed by atoms with Gasteiger partial charge in [0.1, 0.15) is 0 Å². The van der Waals surface area contributed by atoms with E-state index in [9.17, 15) is 13.2 Å². The van der Waals surface area contributed by atoms with Gasteiger partial charge in [0.15, 0.2) is 0 Å². The molecule has 0 fully saturated rings. The first kappa shape index (κ1) is 18.6. The minimum absolute atomic E-state index is 0.0561. The molecule has 0 radical (unpaired) electrons. The fourth-order valence-corrected chi connectivity index (χ4v) is 5.55. The zero-order valence-corrected chi connectivity index (χ0v) is 17.4. The van der Waals surface area contributed by atoms with Gasteiger partial charge in [0.05, 0.1) is 21.8 Å². The van der Waals surface area contributed by atoms with E-state index < -0.39 is 10.0 Å². The van der Waals surface area contributed by atoms with Crippen LogP contribution in [0.15, 0.2) is 65.7 Å². The van der Waals surface area contributed by atoms with Gasteiger partial charge in [0.25, 0.3) is 10.0 Å². The first-order chi connectivity index (χ1) is 14.4. The molecule has 7 nitrogen and oxygen atoms in total. The van der Waals surface area contributed by atoms with Crippen molar-refractivity contribution in [2.45, 2.75) is 25.3 Å². The summed E-state index contributed by atoms with van der Waals surface area (Å²) in [6.45, 7) is 4.59. The zero-order valence-electron chi connectivity index (χ0n) is 16.6. The van der Waals surface area contributed by atoms with Crippen molar-refractivity contribution < 1.29 is 13.2 Å². The first-order valence-corrected chi connectivity index (χ1v) is 11.1. The van der Waals surface area contributed by atoms with Gasteiger partial charge in [-0.25, -0.2) is 17.4 Å². The van der Waals surface area contributed by atoms with E-state index >= 15 is 0 Å². The Bertz CT molecular complexity index is 1400. The molecule has 0 N–H and O–H groups in total. The third-order valence-corrected chi connectivity index (χ3v) is 7.21. The molecular formula is C22H20N4O3S. The number of aryl methyl sites for hydroxylation is 1. The molecule has 2 aromatic heterocycles. The van der Waals surface area contributed by atoms with E-state index in [1.807, 2.05) is 29.7 Å². The van der Waals surface area contributed by atoms with Crippen LogP contribution in [-0.2, 0) is 21.4 Å². The predicted octanol–water partition coefficient (Wildman–Crippen LogP) is 3.42. The van der Waals surface area contributed by atoms with Gasteiger partial charge in [-0.1, -0.05) is 36.4 Å². The normalized spacial score (nSPS) is 13.7. The predicted molar refractivity (Wildman–Crippen MR) is 115 cm³/mol. The van der Waals surface area contributed by atoms with Crippen molar-refractivity contribution in [2.24, 2.45) is 0 Å². The Balaban J connectivity index is 1.77. The number of fused-ring (bicyclic) bond motifs is 2.